The van der Waals surface area contributed by atoms with E-state index in [2.05, 4.69) is 17.3 Å². The van der Waals surface area contributed by atoms with Crippen LogP contribution in [0.2, 0.25) is 0 Å². The van der Waals surface area contributed by atoms with Crippen molar-refractivity contribution in [2.45, 2.75) is 58.0 Å². The number of amides is 1. The van der Waals surface area contributed by atoms with Crippen molar-refractivity contribution in [3.8, 4) is 0 Å². The van der Waals surface area contributed by atoms with E-state index >= 15 is 0 Å². The number of hydrogen-bond donors (Lipinski definition) is 1. The molecule has 1 aliphatic heterocycles. The highest BCUT2D eigenvalue weighted by atomic mass is 32.2. The Balaban J connectivity index is 1.65. The van der Waals surface area contributed by atoms with Gasteiger partial charge < -0.3 is 9.73 Å². The monoisotopic (exact) mass is 408 g/mol. The third-order valence-electron chi connectivity index (χ3n) is 5.25. The third-order valence-corrected chi connectivity index (χ3v) is 7.40. The second kappa shape index (κ2) is 8.48. The Morgan fingerprint density at radius 2 is 2.04 bits per heavy atom. The minimum Gasteiger partial charge on any atom is -0.467 e. The minimum atomic E-state index is -3.57. The van der Waals surface area contributed by atoms with Crippen LogP contribution in [0.15, 0.2) is 27.7 Å². The van der Waals surface area contributed by atoms with Crippen LogP contribution in [0.4, 0.5) is 0 Å². The molecule has 0 aromatic carbocycles. The summed E-state index contributed by atoms with van der Waals surface area (Å²) in [5.74, 6) is 1.10. The zero-order valence-electron chi connectivity index (χ0n) is 16.6. The highest BCUT2D eigenvalue weighted by Gasteiger charge is 2.32. The van der Waals surface area contributed by atoms with Crippen LogP contribution in [-0.2, 0) is 27.9 Å². The summed E-state index contributed by atoms with van der Waals surface area (Å²) in [5, 5.41) is 7.16. The highest BCUT2D eigenvalue weighted by Crippen LogP contribution is 2.27. The lowest BCUT2D eigenvalue weighted by molar-refractivity contribution is -0.121. The quantitative estimate of drug-likeness (QED) is 0.758. The van der Waals surface area contributed by atoms with Gasteiger partial charge in [-0.25, -0.2) is 8.42 Å². The first-order valence-corrected chi connectivity index (χ1v) is 11.1. The summed E-state index contributed by atoms with van der Waals surface area (Å²) in [4.78, 5) is 12.3. The smallest absolute Gasteiger partial charge is 0.246 e. The predicted molar refractivity (Wildman–Crippen MR) is 104 cm³/mol. The Labute approximate surface area is 165 Å². The summed E-state index contributed by atoms with van der Waals surface area (Å²) in [7, 11) is -3.57. The van der Waals surface area contributed by atoms with E-state index < -0.39 is 10.0 Å². The molecule has 1 N–H and O–H groups in total. The highest BCUT2D eigenvalue weighted by molar-refractivity contribution is 7.89. The predicted octanol–water partition coefficient (Wildman–Crippen LogP) is 2.22. The van der Waals surface area contributed by atoms with Crippen LogP contribution < -0.4 is 5.32 Å². The summed E-state index contributed by atoms with van der Waals surface area (Å²) in [6, 6.07) is 3.56. The summed E-state index contributed by atoms with van der Waals surface area (Å²) >= 11 is 0. The molecule has 0 radical (unpaired) electrons. The molecule has 1 saturated heterocycles. The van der Waals surface area contributed by atoms with E-state index in [1.54, 1.807) is 41.2 Å². The molecule has 28 heavy (non-hydrogen) atoms. The van der Waals surface area contributed by atoms with E-state index in [0.717, 1.165) is 12.8 Å². The molecule has 0 atom stereocenters. The lowest BCUT2D eigenvalue weighted by atomic mass is 10.0. The van der Waals surface area contributed by atoms with E-state index in [4.69, 9.17) is 4.42 Å². The van der Waals surface area contributed by atoms with Crippen LogP contribution in [0.25, 0.3) is 0 Å². The van der Waals surface area contributed by atoms with E-state index in [9.17, 15) is 13.2 Å². The molecule has 3 heterocycles. The first-order chi connectivity index (χ1) is 13.3. The number of nitrogens with one attached hydrogen (secondary N) is 1. The van der Waals surface area contributed by atoms with Crippen LogP contribution in [-0.4, -0.2) is 41.5 Å². The normalized spacial score (nSPS) is 16.4. The van der Waals surface area contributed by atoms with Gasteiger partial charge >= 0.3 is 0 Å². The number of hydrogen-bond acceptors (Lipinski definition) is 5. The first-order valence-electron chi connectivity index (χ1n) is 9.62. The Morgan fingerprint density at radius 1 is 1.32 bits per heavy atom. The molecule has 8 nitrogen and oxygen atoms in total. The molecular weight excluding hydrogens is 380 g/mol. The number of sulfonamides is 1. The van der Waals surface area contributed by atoms with E-state index in [-0.39, 0.29) is 17.2 Å². The molecule has 1 amide bonds. The summed E-state index contributed by atoms with van der Waals surface area (Å²) in [6.07, 6.45) is 3.52. The van der Waals surface area contributed by atoms with Crippen molar-refractivity contribution in [3.63, 3.8) is 0 Å². The average molecular weight is 409 g/mol. The summed E-state index contributed by atoms with van der Waals surface area (Å²) < 4.78 is 34.6. The minimum absolute atomic E-state index is 0.140. The fourth-order valence-corrected chi connectivity index (χ4v) is 5.36. The molecular formula is C19H28N4O4S. The van der Waals surface area contributed by atoms with Crippen molar-refractivity contribution >= 4 is 15.9 Å². The zero-order chi connectivity index (χ0) is 20.3. The topological polar surface area (TPSA) is 97.4 Å². The molecule has 0 unspecified atom stereocenters. The average Bonchev–Trinajstić information content (AvgIpc) is 3.26. The van der Waals surface area contributed by atoms with Gasteiger partial charge in [0.15, 0.2) is 0 Å². The molecule has 1 fully saturated rings. The molecule has 3 rings (SSSR count). The second-order valence-electron chi connectivity index (χ2n) is 7.42. The number of piperidine rings is 1. The van der Waals surface area contributed by atoms with Gasteiger partial charge in [0.25, 0.3) is 0 Å². The zero-order valence-corrected chi connectivity index (χ0v) is 17.5. The third kappa shape index (κ3) is 4.47. The van der Waals surface area contributed by atoms with Crippen LogP contribution in [0, 0.1) is 19.8 Å². The fourth-order valence-electron chi connectivity index (χ4n) is 3.52. The van der Waals surface area contributed by atoms with Crippen molar-refractivity contribution in [2.75, 3.05) is 13.1 Å². The van der Waals surface area contributed by atoms with Crippen LogP contribution in [0.3, 0.4) is 0 Å². The van der Waals surface area contributed by atoms with Crippen molar-refractivity contribution in [1.29, 1.82) is 0 Å². The number of aryl methyl sites for hydroxylation is 2. The van der Waals surface area contributed by atoms with Gasteiger partial charge in [0.1, 0.15) is 10.7 Å². The maximum atomic E-state index is 13.1. The van der Waals surface area contributed by atoms with E-state index in [1.165, 1.54) is 0 Å². The standard InChI is InChI=1S/C19H28N4O4S/c1-14-6-9-22(10-7-14)28(25,26)19-15(2)21-23(16(19)3)11-8-18(24)20-13-17-5-4-12-27-17/h4-5,12,14H,6-11,13H2,1-3H3,(H,20,24). The summed E-state index contributed by atoms with van der Waals surface area (Å²) in [5.41, 5.74) is 1.06. The van der Waals surface area contributed by atoms with Gasteiger partial charge in [-0.2, -0.15) is 9.40 Å². The molecule has 9 heteroatoms. The van der Waals surface area contributed by atoms with Crippen molar-refractivity contribution in [3.05, 3.63) is 35.5 Å². The molecule has 2 aromatic rings. The number of aromatic nitrogens is 2. The molecule has 2 aromatic heterocycles. The number of furan rings is 1. The lowest BCUT2D eigenvalue weighted by Crippen LogP contribution is -2.38. The largest absolute Gasteiger partial charge is 0.467 e. The fraction of sp³-hybridized carbons (Fsp3) is 0.579. The Kier molecular flexibility index (Phi) is 6.24. The molecule has 0 aliphatic carbocycles. The maximum Gasteiger partial charge on any atom is 0.246 e. The first kappa shape index (κ1) is 20.6. The van der Waals surface area contributed by atoms with E-state index in [1.807, 2.05) is 0 Å². The molecule has 0 saturated carbocycles. The Bertz CT molecular complexity index is 910. The molecule has 1 aliphatic rings. The number of rotatable bonds is 7. The van der Waals surface area contributed by atoms with Gasteiger partial charge in [0.2, 0.25) is 15.9 Å². The van der Waals surface area contributed by atoms with Crippen molar-refractivity contribution in [1.82, 2.24) is 19.4 Å². The lowest BCUT2D eigenvalue weighted by Gasteiger charge is -2.29. The van der Waals surface area contributed by atoms with Gasteiger partial charge in [0.05, 0.1) is 30.7 Å². The van der Waals surface area contributed by atoms with Crippen LogP contribution in [0.1, 0.15) is 43.3 Å². The van der Waals surface area contributed by atoms with Crippen molar-refractivity contribution in [2.24, 2.45) is 5.92 Å². The SMILES string of the molecule is Cc1nn(CCC(=O)NCc2ccco2)c(C)c1S(=O)(=O)N1CCC(C)CC1. The van der Waals surface area contributed by atoms with E-state index in [0.29, 0.717) is 49.2 Å². The second-order valence-corrected chi connectivity index (χ2v) is 9.29. The number of carbonyl (C=O) groups excluding carboxylic acids is 1. The van der Waals surface area contributed by atoms with Gasteiger partial charge in [-0.05, 0) is 44.7 Å². The Morgan fingerprint density at radius 3 is 2.68 bits per heavy atom. The van der Waals surface area contributed by atoms with Gasteiger partial charge in [0, 0.05) is 19.5 Å². The summed E-state index contributed by atoms with van der Waals surface area (Å²) in [6.45, 7) is 7.35. The van der Waals surface area contributed by atoms with Gasteiger partial charge in [-0.15, -0.1) is 0 Å². The molecule has 0 bridgehead atoms. The van der Waals surface area contributed by atoms with Crippen LogP contribution in [0.5, 0.6) is 0 Å². The maximum absolute atomic E-state index is 13.1. The van der Waals surface area contributed by atoms with Gasteiger partial charge in [-0.1, -0.05) is 6.92 Å². The van der Waals surface area contributed by atoms with Crippen molar-refractivity contribution < 1.29 is 17.6 Å². The number of carbonyl (C=O) groups is 1. The Hall–Kier alpha value is -2.13. The van der Waals surface area contributed by atoms with Crippen LogP contribution >= 0.6 is 0 Å². The van der Waals surface area contributed by atoms with Gasteiger partial charge in [-0.3, -0.25) is 9.48 Å². The number of nitrogens with zero attached hydrogens (tertiary/aromatic N) is 3. The molecule has 0 spiro atoms. The molecule has 154 valence electrons.